The third-order valence-corrected chi connectivity index (χ3v) is 4.80. The Morgan fingerprint density at radius 3 is 2.41 bits per heavy atom. The number of hydrogen-bond donors (Lipinski definition) is 0. The summed E-state index contributed by atoms with van der Waals surface area (Å²) in [6.45, 7) is 0. The zero-order valence-corrected chi connectivity index (χ0v) is 15.2. The van der Waals surface area contributed by atoms with Gasteiger partial charge in [-0.2, -0.15) is 0 Å². The lowest BCUT2D eigenvalue weighted by atomic mass is 10.0. The first-order valence-corrected chi connectivity index (χ1v) is 8.60. The molecule has 4 nitrogen and oxygen atoms in total. The highest BCUT2D eigenvalue weighted by Crippen LogP contribution is 2.34. The van der Waals surface area contributed by atoms with Crippen molar-refractivity contribution in [1.29, 1.82) is 0 Å². The highest BCUT2D eigenvalue weighted by Gasteiger charge is 2.12. The summed E-state index contributed by atoms with van der Waals surface area (Å²) in [7, 11) is 3.26. The molecule has 0 saturated heterocycles. The van der Waals surface area contributed by atoms with Crippen molar-refractivity contribution in [3.63, 3.8) is 0 Å². The van der Waals surface area contributed by atoms with E-state index in [2.05, 4.69) is 16.0 Å². The Morgan fingerprint density at radius 2 is 1.63 bits per heavy atom. The number of halogens is 1. The molecule has 138 valence electrons. The smallest absolute Gasteiger partial charge is 0.161 e. The topological polar surface area (TPSA) is 44.2 Å². The molecule has 4 rings (SSSR count). The van der Waals surface area contributed by atoms with Crippen LogP contribution in [0.4, 0.5) is 0 Å². The standard InChI is InChI=1S/C21H17ClN2O2.CH4/c1-25-19-9-16-12-23-11-15(17(16)10-20(19)26-2)8-14-7-13-5-3-4-6-18(13)24-21(14)22;/h3-7,9-12H,8H2,1-2H3;1H4. The van der Waals surface area contributed by atoms with E-state index in [1.54, 1.807) is 14.2 Å². The lowest BCUT2D eigenvalue weighted by molar-refractivity contribution is 0.356. The molecule has 0 radical (unpaired) electrons. The Labute approximate surface area is 163 Å². The molecule has 4 aromatic rings. The van der Waals surface area contributed by atoms with Gasteiger partial charge < -0.3 is 9.47 Å². The average molecular weight is 381 g/mol. The van der Waals surface area contributed by atoms with Crippen molar-refractivity contribution in [1.82, 2.24) is 9.97 Å². The monoisotopic (exact) mass is 380 g/mol. The molecule has 0 atom stereocenters. The SMILES string of the molecule is C.COc1cc2cncc(Cc3cc4ccccc4nc3Cl)c2cc1OC. The van der Waals surface area contributed by atoms with Gasteiger partial charge in [0.05, 0.1) is 19.7 Å². The lowest BCUT2D eigenvalue weighted by Crippen LogP contribution is -1.96. The van der Waals surface area contributed by atoms with Gasteiger partial charge in [-0.15, -0.1) is 0 Å². The van der Waals surface area contributed by atoms with E-state index in [9.17, 15) is 0 Å². The first-order chi connectivity index (χ1) is 12.7. The summed E-state index contributed by atoms with van der Waals surface area (Å²) in [5.41, 5.74) is 2.92. The van der Waals surface area contributed by atoms with E-state index in [0.29, 0.717) is 23.1 Å². The molecule has 2 heterocycles. The number of rotatable bonds is 4. The van der Waals surface area contributed by atoms with Gasteiger partial charge in [0.1, 0.15) is 5.15 Å². The zero-order chi connectivity index (χ0) is 18.1. The Kier molecular flexibility index (Phi) is 5.47. The van der Waals surface area contributed by atoms with Crippen LogP contribution in [0.25, 0.3) is 21.7 Å². The second-order valence-corrected chi connectivity index (χ2v) is 6.39. The Bertz CT molecular complexity index is 1110. The number of nitrogens with zero attached hydrogens (tertiary/aromatic N) is 2. The van der Waals surface area contributed by atoms with E-state index < -0.39 is 0 Å². The Morgan fingerprint density at radius 1 is 0.889 bits per heavy atom. The molecule has 0 amide bonds. The highest BCUT2D eigenvalue weighted by atomic mass is 35.5. The van der Waals surface area contributed by atoms with Gasteiger partial charge in [-0.05, 0) is 40.8 Å². The quantitative estimate of drug-likeness (QED) is 0.427. The largest absolute Gasteiger partial charge is 0.493 e. The zero-order valence-electron chi connectivity index (χ0n) is 14.5. The van der Waals surface area contributed by atoms with E-state index in [1.807, 2.05) is 48.8 Å². The normalized spacial score (nSPS) is 10.6. The summed E-state index contributed by atoms with van der Waals surface area (Å²) >= 11 is 6.43. The molecular weight excluding hydrogens is 360 g/mol. The fraction of sp³-hybridized carbons (Fsp3) is 0.182. The van der Waals surface area contributed by atoms with Crippen LogP contribution in [0, 0.1) is 0 Å². The molecule has 0 fully saturated rings. The van der Waals surface area contributed by atoms with Crippen molar-refractivity contribution in [3.8, 4) is 11.5 Å². The van der Waals surface area contributed by atoms with Gasteiger partial charge >= 0.3 is 0 Å². The number of aromatic nitrogens is 2. The summed E-state index contributed by atoms with van der Waals surface area (Å²) in [6, 6.07) is 14.0. The van der Waals surface area contributed by atoms with Gasteiger partial charge in [-0.3, -0.25) is 4.98 Å². The number of para-hydroxylation sites is 1. The minimum absolute atomic E-state index is 0. The van der Waals surface area contributed by atoms with Crippen molar-refractivity contribution in [2.75, 3.05) is 14.2 Å². The van der Waals surface area contributed by atoms with E-state index in [1.165, 1.54) is 0 Å². The summed E-state index contributed by atoms with van der Waals surface area (Å²) in [5.74, 6) is 1.37. The van der Waals surface area contributed by atoms with Crippen LogP contribution in [-0.4, -0.2) is 24.2 Å². The molecule has 0 aliphatic rings. The number of methoxy groups -OCH3 is 2. The Balaban J connectivity index is 0.00000210. The molecule has 2 aromatic heterocycles. The molecule has 0 aliphatic heterocycles. The van der Waals surface area contributed by atoms with Crippen molar-refractivity contribution in [3.05, 3.63) is 71.1 Å². The second kappa shape index (κ2) is 7.80. The van der Waals surface area contributed by atoms with Crippen molar-refractivity contribution in [2.24, 2.45) is 0 Å². The number of ether oxygens (including phenoxy) is 2. The van der Waals surface area contributed by atoms with Crippen LogP contribution in [0.5, 0.6) is 11.5 Å². The van der Waals surface area contributed by atoms with Crippen molar-refractivity contribution in [2.45, 2.75) is 13.8 Å². The fourth-order valence-electron chi connectivity index (χ4n) is 3.16. The lowest BCUT2D eigenvalue weighted by Gasteiger charge is -2.12. The molecule has 0 N–H and O–H groups in total. The summed E-state index contributed by atoms with van der Waals surface area (Å²) in [6.07, 6.45) is 4.32. The number of hydrogen-bond acceptors (Lipinski definition) is 4. The maximum atomic E-state index is 6.43. The number of benzene rings is 2. The van der Waals surface area contributed by atoms with E-state index in [4.69, 9.17) is 21.1 Å². The maximum absolute atomic E-state index is 6.43. The van der Waals surface area contributed by atoms with Crippen LogP contribution in [0.1, 0.15) is 18.6 Å². The molecule has 2 aromatic carbocycles. The molecular formula is C22H21ClN2O2. The van der Waals surface area contributed by atoms with Crippen LogP contribution in [-0.2, 0) is 6.42 Å². The third kappa shape index (κ3) is 3.53. The molecule has 0 saturated carbocycles. The van der Waals surface area contributed by atoms with Gasteiger partial charge in [0.25, 0.3) is 0 Å². The van der Waals surface area contributed by atoms with Gasteiger partial charge in [0, 0.05) is 29.6 Å². The summed E-state index contributed by atoms with van der Waals surface area (Å²) < 4.78 is 10.8. The van der Waals surface area contributed by atoms with Gasteiger partial charge in [0.15, 0.2) is 11.5 Å². The third-order valence-electron chi connectivity index (χ3n) is 4.48. The first-order valence-electron chi connectivity index (χ1n) is 8.22. The van der Waals surface area contributed by atoms with Crippen LogP contribution < -0.4 is 9.47 Å². The summed E-state index contributed by atoms with van der Waals surface area (Å²) in [5, 5.41) is 3.63. The summed E-state index contributed by atoms with van der Waals surface area (Å²) in [4.78, 5) is 8.89. The second-order valence-electron chi connectivity index (χ2n) is 6.03. The van der Waals surface area contributed by atoms with Crippen LogP contribution in [0.2, 0.25) is 5.15 Å². The number of pyridine rings is 2. The van der Waals surface area contributed by atoms with E-state index in [0.717, 1.165) is 32.8 Å². The molecule has 0 aliphatic carbocycles. The number of fused-ring (bicyclic) bond motifs is 2. The molecule has 0 bridgehead atoms. The predicted molar refractivity (Wildman–Crippen MR) is 111 cm³/mol. The molecule has 0 spiro atoms. The van der Waals surface area contributed by atoms with Crippen LogP contribution >= 0.6 is 11.6 Å². The molecule has 27 heavy (non-hydrogen) atoms. The van der Waals surface area contributed by atoms with E-state index in [-0.39, 0.29) is 7.43 Å². The van der Waals surface area contributed by atoms with Crippen LogP contribution in [0.3, 0.4) is 0 Å². The highest BCUT2D eigenvalue weighted by molar-refractivity contribution is 6.30. The fourth-order valence-corrected chi connectivity index (χ4v) is 3.38. The van der Waals surface area contributed by atoms with Crippen molar-refractivity contribution < 1.29 is 9.47 Å². The maximum Gasteiger partial charge on any atom is 0.161 e. The molecule has 5 heteroatoms. The first kappa shape index (κ1) is 18.9. The minimum atomic E-state index is 0. The average Bonchev–Trinajstić information content (AvgIpc) is 2.67. The predicted octanol–water partition coefficient (Wildman–Crippen LogP) is 5.68. The molecule has 0 unspecified atom stereocenters. The van der Waals surface area contributed by atoms with Crippen LogP contribution in [0.15, 0.2) is 54.9 Å². The van der Waals surface area contributed by atoms with Gasteiger partial charge in [-0.25, -0.2) is 4.98 Å². The minimum Gasteiger partial charge on any atom is -0.493 e. The van der Waals surface area contributed by atoms with Gasteiger partial charge in [0.2, 0.25) is 0 Å². The van der Waals surface area contributed by atoms with Gasteiger partial charge in [-0.1, -0.05) is 37.2 Å². The van der Waals surface area contributed by atoms with Crippen molar-refractivity contribution >= 4 is 33.3 Å². The Hall–Kier alpha value is -2.85. The van der Waals surface area contributed by atoms with E-state index >= 15 is 0 Å².